The van der Waals surface area contributed by atoms with Crippen molar-refractivity contribution in [1.29, 1.82) is 0 Å². The summed E-state index contributed by atoms with van der Waals surface area (Å²) in [4.78, 5) is 39.3. The van der Waals surface area contributed by atoms with Crippen molar-refractivity contribution in [2.24, 2.45) is 0 Å². The normalized spacial score (nSPS) is 15.7. The number of anilines is 2. The number of aromatic amines is 1. The molecule has 0 aliphatic carbocycles. The predicted octanol–water partition coefficient (Wildman–Crippen LogP) is 2.94. The quantitative estimate of drug-likeness (QED) is 0.488. The van der Waals surface area contributed by atoms with Crippen LogP contribution in [0.25, 0.3) is 11.0 Å². The third kappa shape index (κ3) is 5.60. The highest BCUT2D eigenvalue weighted by atomic mass is 16.5. The number of aryl methyl sites for hydroxylation is 1. The minimum absolute atomic E-state index is 0.0943. The Kier molecular flexibility index (Phi) is 7.21. The number of H-pyrrole nitrogens is 1. The van der Waals surface area contributed by atoms with Crippen LogP contribution >= 0.6 is 0 Å². The minimum atomic E-state index is -0.318. The predicted molar refractivity (Wildman–Crippen MR) is 131 cm³/mol. The molecule has 3 N–H and O–H groups in total. The molecule has 3 aromatic heterocycles. The van der Waals surface area contributed by atoms with Crippen molar-refractivity contribution in [3.63, 3.8) is 0 Å². The van der Waals surface area contributed by atoms with Crippen LogP contribution in [0.5, 0.6) is 0 Å². The van der Waals surface area contributed by atoms with Crippen LogP contribution in [0.2, 0.25) is 0 Å². The molecule has 176 valence electrons. The molecule has 1 aliphatic rings. The smallest absolute Gasteiger partial charge is 0.257 e. The summed E-state index contributed by atoms with van der Waals surface area (Å²) in [7, 11) is 1.59. The van der Waals surface area contributed by atoms with Crippen molar-refractivity contribution < 1.29 is 14.3 Å². The molecule has 0 saturated carbocycles. The van der Waals surface area contributed by atoms with Crippen molar-refractivity contribution in [2.45, 2.75) is 32.7 Å². The van der Waals surface area contributed by atoms with Crippen LogP contribution in [0.15, 0.2) is 30.6 Å². The topological polar surface area (TPSA) is 112 Å². The van der Waals surface area contributed by atoms with Gasteiger partial charge in [0.05, 0.1) is 41.1 Å². The first-order chi connectivity index (χ1) is 16.4. The molecule has 0 radical (unpaired) electrons. The number of rotatable bonds is 6. The number of carbonyl (C=O) groups excluding carboxylic acids is 2. The first kappa shape index (κ1) is 23.4. The van der Waals surface area contributed by atoms with Gasteiger partial charge in [0.25, 0.3) is 5.91 Å². The molecule has 9 nitrogen and oxygen atoms in total. The number of pyridine rings is 2. The molecular weight excluding hydrogens is 432 g/mol. The first-order valence-electron chi connectivity index (χ1n) is 11.2. The van der Waals surface area contributed by atoms with E-state index in [0.29, 0.717) is 53.2 Å². The number of hydrogen-bond donors (Lipinski definition) is 3. The third-order valence-corrected chi connectivity index (χ3v) is 5.83. The van der Waals surface area contributed by atoms with Crippen LogP contribution < -0.4 is 10.6 Å². The van der Waals surface area contributed by atoms with Crippen LogP contribution in [-0.2, 0) is 9.53 Å². The number of amides is 2. The molecule has 0 bridgehead atoms. The highest BCUT2D eigenvalue weighted by molar-refractivity contribution is 6.06. The van der Waals surface area contributed by atoms with Crippen molar-refractivity contribution in [2.75, 3.05) is 37.4 Å². The Bertz CT molecular complexity index is 1270. The zero-order valence-electron chi connectivity index (χ0n) is 19.6. The van der Waals surface area contributed by atoms with Gasteiger partial charge >= 0.3 is 0 Å². The van der Waals surface area contributed by atoms with Gasteiger partial charge < -0.3 is 20.4 Å². The summed E-state index contributed by atoms with van der Waals surface area (Å²) in [6.45, 7) is 5.54. The fourth-order valence-electron chi connectivity index (χ4n) is 3.95. The Labute approximate surface area is 198 Å². The molecule has 1 aliphatic heterocycles. The standard InChI is InChI=1S/C25H28N6O3/c1-16-6-4-8-31(16)15-23(32)28-21-12-22(17(2)26-14-21)30-25(33)19-10-18-11-20(7-5-9-34-3)29-24(18)27-13-19/h10-14,16H,4,6,8-9,15H2,1-3H3,(H,27,29)(H,28,32)(H,30,33)/t16-/m0/s1. The van der Waals surface area contributed by atoms with Crippen molar-refractivity contribution in [1.82, 2.24) is 19.9 Å². The molecule has 1 atom stereocenters. The Morgan fingerprint density at radius 2 is 2.09 bits per heavy atom. The van der Waals surface area contributed by atoms with Gasteiger partial charge in [0.15, 0.2) is 0 Å². The monoisotopic (exact) mass is 460 g/mol. The molecule has 4 rings (SSSR count). The fourth-order valence-corrected chi connectivity index (χ4v) is 3.95. The van der Waals surface area contributed by atoms with Crippen molar-refractivity contribution in [3.05, 3.63) is 47.5 Å². The summed E-state index contributed by atoms with van der Waals surface area (Å²) in [5.41, 5.74) is 3.46. The lowest BCUT2D eigenvalue weighted by atomic mass is 10.2. The molecule has 0 spiro atoms. The van der Waals surface area contributed by atoms with Gasteiger partial charge in [0.2, 0.25) is 5.91 Å². The van der Waals surface area contributed by atoms with E-state index in [1.165, 1.54) is 6.20 Å². The van der Waals surface area contributed by atoms with Crippen LogP contribution in [0.3, 0.4) is 0 Å². The average molecular weight is 461 g/mol. The summed E-state index contributed by atoms with van der Waals surface area (Å²) >= 11 is 0. The summed E-state index contributed by atoms with van der Waals surface area (Å²) in [5.74, 6) is 5.43. The second-order valence-electron chi connectivity index (χ2n) is 8.40. The largest absolute Gasteiger partial charge is 0.372 e. The number of ether oxygens (including phenoxy) is 1. The van der Waals surface area contributed by atoms with Gasteiger partial charge in [-0.25, -0.2) is 4.98 Å². The molecule has 9 heteroatoms. The molecule has 4 heterocycles. The van der Waals surface area contributed by atoms with E-state index in [9.17, 15) is 9.59 Å². The van der Waals surface area contributed by atoms with E-state index in [0.717, 1.165) is 24.8 Å². The number of hydrogen-bond acceptors (Lipinski definition) is 6. The Hall–Kier alpha value is -3.74. The van der Waals surface area contributed by atoms with Gasteiger partial charge in [0.1, 0.15) is 12.3 Å². The lowest BCUT2D eigenvalue weighted by Crippen LogP contribution is -2.35. The zero-order valence-corrected chi connectivity index (χ0v) is 19.6. The van der Waals surface area contributed by atoms with Gasteiger partial charge in [-0.15, -0.1) is 0 Å². The van der Waals surface area contributed by atoms with E-state index in [2.05, 4.69) is 49.3 Å². The van der Waals surface area contributed by atoms with E-state index < -0.39 is 0 Å². The molecule has 2 amide bonds. The van der Waals surface area contributed by atoms with E-state index in [-0.39, 0.29) is 11.8 Å². The summed E-state index contributed by atoms with van der Waals surface area (Å²) in [6, 6.07) is 5.72. The van der Waals surface area contributed by atoms with Crippen LogP contribution in [0.1, 0.15) is 41.5 Å². The number of likely N-dealkylation sites (tertiary alicyclic amines) is 1. The maximum absolute atomic E-state index is 12.9. The summed E-state index contributed by atoms with van der Waals surface area (Å²) in [6.07, 6.45) is 5.33. The summed E-state index contributed by atoms with van der Waals surface area (Å²) in [5, 5.41) is 6.54. The summed E-state index contributed by atoms with van der Waals surface area (Å²) < 4.78 is 4.93. The Morgan fingerprint density at radius 3 is 2.85 bits per heavy atom. The van der Waals surface area contributed by atoms with E-state index in [4.69, 9.17) is 4.74 Å². The zero-order chi connectivity index (χ0) is 24.1. The van der Waals surface area contributed by atoms with E-state index in [1.54, 1.807) is 32.4 Å². The number of nitrogens with zero attached hydrogens (tertiary/aromatic N) is 3. The Morgan fingerprint density at radius 1 is 1.24 bits per heavy atom. The van der Waals surface area contributed by atoms with Crippen LogP contribution in [-0.4, -0.2) is 64.5 Å². The number of carbonyl (C=O) groups is 2. The first-order valence-corrected chi connectivity index (χ1v) is 11.2. The number of nitrogens with one attached hydrogen (secondary N) is 3. The minimum Gasteiger partial charge on any atom is -0.372 e. The number of fused-ring (bicyclic) bond motifs is 1. The lowest BCUT2D eigenvalue weighted by Gasteiger charge is -2.20. The molecule has 34 heavy (non-hydrogen) atoms. The maximum Gasteiger partial charge on any atom is 0.257 e. The maximum atomic E-state index is 12.9. The Balaban J connectivity index is 1.44. The van der Waals surface area contributed by atoms with Crippen molar-refractivity contribution in [3.8, 4) is 11.8 Å². The van der Waals surface area contributed by atoms with E-state index in [1.807, 2.05) is 6.07 Å². The van der Waals surface area contributed by atoms with Crippen molar-refractivity contribution >= 4 is 34.2 Å². The van der Waals surface area contributed by atoms with Gasteiger partial charge in [-0.05, 0) is 57.4 Å². The fraction of sp³-hybridized carbons (Fsp3) is 0.360. The number of aromatic nitrogens is 3. The SMILES string of the molecule is COCC#Cc1cc2cc(C(=O)Nc3cc(NC(=O)CN4CCC[C@@H]4C)cnc3C)cnc2[nH]1. The molecule has 0 aromatic carbocycles. The highest BCUT2D eigenvalue weighted by Gasteiger charge is 2.22. The molecule has 0 unspecified atom stereocenters. The molecule has 1 fully saturated rings. The number of methoxy groups -OCH3 is 1. The second kappa shape index (κ2) is 10.5. The van der Waals surface area contributed by atoms with E-state index >= 15 is 0 Å². The third-order valence-electron chi connectivity index (χ3n) is 5.83. The van der Waals surface area contributed by atoms with Crippen LogP contribution in [0.4, 0.5) is 11.4 Å². The average Bonchev–Trinajstić information content (AvgIpc) is 3.41. The van der Waals surface area contributed by atoms with Gasteiger partial charge in [0, 0.05) is 24.7 Å². The lowest BCUT2D eigenvalue weighted by molar-refractivity contribution is -0.117. The van der Waals surface area contributed by atoms with Crippen LogP contribution in [0, 0.1) is 18.8 Å². The molecule has 3 aromatic rings. The van der Waals surface area contributed by atoms with Gasteiger partial charge in [-0.3, -0.25) is 19.5 Å². The van der Waals surface area contributed by atoms with Gasteiger partial charge in [-0.1, -0.05) is 5.92 Å². The second-order valence-corrected chi connectivity index (χ2v) is 8.40. The van der Waals surface area contributed by atoms with Gasteiger partial charge in [-0.2, -0.15) is 0 Å². The highest BCUT2D eigenvalue weighted by Crippen LogP contribution is 2.21. The molecular formula is C25H28N6O3. The molecule has 1 saturated heterocycles.